The van der Waals surface area contributed by atoms with Crippen LogP contribution in [0.3, 0.4) is 0 Å². The lowest BCUT2D eigenvalue weighted by Crippen LogP contribution is -1.78. The van der Waals surface area contributed by atoms with Crippen LogP contribution >= 0.6 is 22.9 Å². The molecule has 1 aliphatic carbocycles. The van der Waals surface area contributed by atoms with Gasteiger partial charge in [-0.2, -0.15) is 0 Å². The minimum Gasteiger partial charge on any atom is -0.149 e. The van der Waals surface area contributed by atoms with Crippen molar-refractivity contribution < 1.29 is 0 Å². The number of thiophene rings is 1. The van der Waals surface area contributed by atoms with Crippen molar-refractivity contribution in [2.75, 3.05) is 5.88 Å². The number of hydrogen-bond acceptors (Lipinski definition) is 1. The molecule has 0 saturated heterocycles. The Balaban J connectivity index is 2.05. The summed E-state index contributed by atoms with van der Waals surface area (Å²) < 4.78 is 0. The molecule has 0 unspecified atom stereocenters. The van der Waals surface area contributed by atoms with Crippen molar-refractivity contribution in [2.45, 2.75) is 12.3 Å². The number of alkyl halides is 1. The normalized spacial score (nSPS) is 30.5. The Bertz CT molecular complexity index is 205. The maximum atomic E-state index is 5.72. The van der Waals surface area contributed by atoms with Gasteiger partial charge in [0.25, 0.3) is 0 Å². The van der Waals surface area contributed by atoms with Crippen molar-refractivity contribution in [1.29, 1.82) is 0 Å². The topological polar surface area (TPSA) is 0 Å². The van der Waals surface area contributed by atoms with E-state index in [1.807, 2.05) is 11.3 Å². The quantitative estimate of drug-likeness (QED) is 0.602. The zero-order valence-electron chi connectivity index (χ0n) is 5.59. The van der Waals surface area contributed by atoms with Crippen molar-refractivity contribution in [2.24, 2.45) is 5.92 Å². The molecule has 10 heavy (non-hydrogen) atoms. The Morgan fingerprint density at radius 1 is 1.70 bits per heavy atom. The lowest BCUT2D eigenvalue weighted by atomic mass is 10.3. The molecule has 2 heteroatoms. The molecule has 1 fully saturated rings. The summed E-state index contributed by atoms with van der Waals surface area (Å²) in [5.41, 5.74) is 0. The zero-order chi connectivity index (χ0) is 6.97. The van der Waals surface area contributed by atoms with Crippen LogP contribution in [0.15, 0.2) is 17.5 Å². The van der Waals surface area contributed by atoms with Gasteiger partial charge in [-0.1, -0.05) is 6.07 Å². The van der Waals surface area contributed by atoms with Gasteiger partial charge in [-0.15, -0.1) is 22.9 Å². The number of hydrogen-bond donors (Lipinski definition) is 0. The third kappa shape index (κ3) is 1.08. The Kier molecular flexibility index (Phi) is 1.71. The predicted octanol–water partition coefficient (Wildman–Crippen LogP) is 3.09. The van der Waals surface area contributed by atoms with Crippen molar-refractivity contribution in [3.63, 3.8) is 0 Å². The SMILES string of the molecule is ClC[C@@H]1C[C@H]1c1cccs1. The Morgan fingerprint density at radius 2 is 2.60 bits per heavy atom. The third-order valence-electron chi connectivity index (χ3n) is 2.03. The van der Waals surface area contributed by atoms with Gasteiger partial charge in [-0.25, -0.2) is 0 Å². The lowest BCUT2D eigenvalue weighted by Gasteiger charge is -1.88. The van der Waals surface area contributed by atoms with E-state index in [-0.39, 0.29) is 0 Å². The zero-order valence-corrected chi connectivity index (χ0v) is 7.16. The van der Waals surface area contributed by atoms with Crippen LogP contribution in [-0.2, 0) is 0 Å². The Hall–Kier alpha value is -0.0100. The summed E-state index contributed by atoms with van der Waals surface area (Å²) in [7, 11) is 0. The van der Waals surface area contributed by atoms with E-state index in [2.05, 4.69) is 17.5 Å². The van der Waals surface area contributed by atoms with E-state index in [0.29, 0.717) is 0 Å². The minimum atomic E-state index is 0.778. The average Bonchev–Trinajstić information content (AvgIpc) is 2.56. The van der Waals surface area contributed by atoms with E-state index in [1.54, 1.807) is 0 Å². The highest BCUT2D eigenvalue weighted by molar-refractivity contribution is 7.10. The van der Waals surface area contributed by atoms with E-state index >= 15 is 0 Å². The maximum Gasteiger partial charge on any atom is 0.0258 e. The summed E-state index contributed by atoms with van der Waals surface area (Å²) in [6, 6.07) is 4.32. The molecule has 2 atom stereocenters. The van der Waals surface area contributed by atoms with Gasteiger partial charge in [-0.05, 0) is 29.7 Å². The van der Waals surface area contributed by atoms with Gasteiger partial charge >= 0.3 is 0 Å². The van der Waals surface area contributed by atoms with Crippen LogP contribution in [0, 0.1) is 5.92 Å². The van der Waals surface area contributed by atoms with E-state index in [9.17, 15) is 0 Å². The van der Waals surface area contributed by atoms with Crippen molar-refractivity contribution in [1.82, 2.24) is 0 Å². The number of halogens is 1. The fourth-order valence-electron chi connectivity index (χ4n) is 1.27. The summed E-state index contributed by atoms with van der Waals surface area (Å²) in [4.78, 5) is 1.52. The molecule has 0 aromatic carbocycles. The molecule has 0 N–H and O–H groups in total. The average molecular weight is 173 g/mol. The first-order valence-corrected chi connectivity index (χ1v) is 4.92. The molecular formula is C8H9ClS. The van der Waals surface area contributed by atoms with Gasteiger partial charge in [0, 0.05) is 10.8 Å². The molecule has 0 nitrogen and oxygen atoms in total. The molecule has 1 saturated carbocycles. The fraction of sp³-hybridized carbons (Fsp3) is 0.500. The first kappa shape index (κ1) is 6.68. The molecule has 1 aromatic rings. The Labute approximate surface area is 69.8 Å². The molecular weight excluding hydrogens is 164 g/mol. The highest BCUT2D eigenvalue weighted by Gasteiger charge is 2.37. The first-order chi connectivity index (χ1) is 4.92. The van der Waals surface area contributed by atoms with Gasteiger partial charge in [0.15, 0.2) is 0 Å². The Morgan fingerprint density at radius 3 is 3.10 bits per heavy atom. The third-order valence-corrected chi connectivity index (χ3v) is 3.43. The van der Waals surface area contributed by atoms with Gasteiger partial charge in [-0.3, -0.25) is 0 Å². The molecule has 1 aromatic heterocycles. The largest absolute Gasteiger partial charge is 0.149 e. The molecule has 54 valence electrons. The first-order valence-electron chi connectivity index (χ1n) is 3.51. The van der Waals surface area contributed by atoms with Crippen LogP contribution in [0.2, 0.25) is 0 Å². The van der Waals surface area contributed by atoms with E-state index in [1.165, 1.54) is 11.3 Å². The second kappa shape index (κ2) is 2.55. The molecule has 0 radical (unpaired) electrons. The van der Waals surface area contributed by atoms with Crippen LogP contribution in [0.5, 0.6) is 0 Å². The van der Waals surface area contributed by atoms with E-state index in [4.69, 9.17) is 11.6 Å². The predicted molar refractivity (Wildman–Crippen MR) is 45.9 cm³/mol. The van der Waals surface area contributed by atoms with Crippen LogP contribution in [0.25, 0.3) is 0 Å². The van der Waals surface area contributed by atoms with E-state index in [0.717, 1.165) is 17.7 Å². The van der Waals surface area contributed by atoms with Gasteiger partial charge in [0.1, 0.15) is 0 Å². The second-order valence-corrected chi connectivity index (χ2v) is 4.06. The summed E-state index contributed by atoms with van der Waals surface area (Å²) in [5, 5.41) is 2.14. The molecule has 2 rings (SSSR count). The van der Waals surface area contributed by atoms with Gasteiger partial charge in [0.2, 0.25) is 0 Å². The highest BCUT2D eigenvalue weighted by Crippen LogP contribution is 2.49. The van der Waals surface area contributed by atoms with E-state index < -0.39 is 0 Å². The summed E-state index contributed by atoms with van der Waals surface area (Å²) >= 11 is 7.57. The minimum absolute atomic E-state index is 0.778. The van der Waals surface area contributed by atoms with Gasteiger partial charge < -0.3 is 0 Å². The van der Waals surface area contributed by atoms with Crippen LogP contribution in [-0.4, -0.2) is 5.88 Å². The molecule has 0 bridgehead atoms. The van der Waals surface area contributed by atoms with Gasteiger partial charge in [0.05, 0.1) is 0 Å². The summed E-state index contributed by atoms with van der Waals surface area (Å²) in [6.45, 7) is 0. The highest BCUT2D eigenvalue weighted by atomic mass is 35.5. The van der Waals surface area contributed by atoms with Crippen LogP contribution in [0.4, 0.5) is 0 Å². The molecule has 0 amide bonds. The molecule has 0 aliphatic heterocycles. The van der Waals surface area contributed by atoms with Crippen molar-refractivity contribution in [3.05, 3.63) is 22.4 Å². The standard InChI is InChI=1S/C8H9ClS/c9-5-6-4-7(6)8-2-1-3-10-8/h1-3,6-7H,4-5H2/t6-,7+/m0/s1. The molecule has 1 heterocycles. The monoisotopic (exact) mass is 172 g/mol. The lowest BCUT2D eigenvalue weighted by molar-refractivity contribution is 0.935. The van der Waals surface area contributed by atoms with Crippen molar-refractivity contribution in [3.8, 4) is 0 Å². The van der Waals surface area contributed by atoms with Crippen LogP contribution in [0.1, 0.15) is 17.2 Å². The molecule has 1 aliphatic rings. The number of rotatable bonds is 2. The fourth-order valence-corrected chi connectivity index (χ4v) is 2.54. The smallest absolute Gasteiger partial charge is 0.0258 e. The van der Waals surface area contributed by atoms with Crippen LogP contribution < -0.4 is 0 Å². The van der Waals surface area contributed by atoms with Crippen molar-refractivity contribution >= 4 is 22.9 Å². The summed E-state index contributed by atoms with van der Waals surface area (Å²) in [5.74, 6) is 2.42. The second-order valence-electron chi connectivity index (χ2n) is 2.77. The molecule has 0 spiro atoms. The maximum absolute atomic E-state index is 5.72. The summed E-state index contributed by atoms with van der Waals surface area (Å²) in [6.07, 6.45) is 1.31.